The molecule has 0 fully saturated rings. The molecule has 0 spiro atoms. The normalized spacial score (nSPS) is 10.9. The Bertz CT molecular complexity index is 1040. The number of amides is 1. The number of nitrogens with zero attached hydrogens (tertiary/aromatic N) is 2. The topological polar surface area (TPSA) is 98.8 Å². The van der Waals surface area contributed by atoms with Gasteiger partial charge >= 0.3 is 0 Å². The Morgan fingerprint density at radius 1 is 1.27 bits per heavy atom. The van der Waals surface area contributed by atoms with Gasteiger partial charge in [0.25, 0.3) is 0 Å². The molecule has 0 aliphatic rings. The number of hydrazone groups is 1. The summed E-state index contributed by atoms with van der Waals surface area (Å²) in [7, 11) is 0. The number of carbonyl (C=O) groups excluding carboxylic acids is 1. The molecule has 0 aliphatic carbocycles. The zero-order valence-corrected chi connectivity index (χ0v) is 17.1. The number of anilines is 1. The highest BCUT2D eigenvalue weighted by atomic mass is 32.1. The van der Waals surface area contributed by atoms with E-state index in [0.29, 0.717) is 40.1 Å². The van der Waals surface area contributed by atoms with E-state index in [2.05, 4.69) is 15.5 Å². The number of ether oxygens (including phenoxy) is 2. The maximum absolute atomic E-state index is 13.8. The van der Waals surface area contributed by atoms with E-state index < -0.39 is 0 Å². The summed E-state index contributed by atoms with van der Waals surface area (Å²) in [6.07, 6.45) is 1.59. The van der Waals surface area contributed by atoms with Gasteiger partial charge in [0.1, 0.15) is 12.4 Å². The highest BCUT2D eigenvalue weighted by molar-refractivity contribution is 7.13. The van der Waals surface area contributed by atoms with Gasteiger partial charge in [-0.05, 0) is 36.8 Å². The second-order valence-corrected chi connectivity index (χ2v) is 7.06. The third-order valence-corrected chi connectivity index (χ3v) is 4.65. The molecule has 1 aromatic heterocycles. The Balaban J connectivity index is 1.61. The van der Waals surface area contributed by atoms with Gasteiger partial charge < -0.3 is 15.2 Å². The molecule has 9 heteroatoms. The van der Waals surface area contributed by atoms with Crippen LogP contribution in [0.1, 0.15) is 23.7 Å². The maximum atomic E-state index is 13.8. The molecule has 1 heterocycles. The highest BCUT2D eigenvalue weighted by Gasteiger charge is 2.09. The summed E-state index contributed by atoms with van der Waals surface area (Å²) in [5.74, 6) is 0.367. The summed E-state index contributed by atoms with van der Waals surface area (Å²) in [5, 5.41) is 6.10. The molecule has 2 aromatic carbocycles. The summed E-state index contributed by atoms with van der Waals surface area (Å²) >= 11 is 1.28. The molecule has 0 bridgehead atoms. The molecule has 1 amide bonds. The Hall–Kier alpha value is -3.46. The molecule has 0 saturated heterocycles. The molecule has 3 N–H and O–H groups in total. The van der Waals surface area contributed by atoms with Crippen LogP contribution in [0.3, 0.4) is 0 Å². The number of benzene rings is 2. The van der Waals surface area contributed by atoms with Crippen molar-refractivity contribution in [3.05, 3.63) is 70.5 Å². The van der Waals surface area contributed by atoms with E-state index in [0.717, 1.165) is 0 Å². The van der Waals surface area contributed by atoms with E-state index in [1.807, 2.05) is 6.92 Å². The van der Waals surface area contributed by atoms with Crippen molar-refractivity contribution in [3.63, 3.8) is 0 Å². The number of nitrogen functional groups attached to an aromatic ring is 1. The molecule has 0 atom stereocenters. The third-order valence-electron chi connectivity index (χ3n) is 3.92. The van der Waals surface area contributed by atoms with Crippen LogP contribution in [0.5, 0.6) is 11.5 Å². The molecule has 0 radical (unpaired) electrons. The van der Waals surface area contributed by atoms with Crippen molar-refractivity contribution in [3.8, 4) is 11.5 Å². The van der Waals surface area contributed by atoms with Crippen molar-refractivity contribution >= 4 is 28.6 Å². The first-order valence-corrected chi connectivity index (χ1v) is 10.1. The predicted octanol–water partition coefficient (Wildman–Crippen LogP) is 3.53. The summed E-state index contributed by atoms with van der Waals surface area (Å²) in [4.78, 5) is 15.9. The van der Waals surface area contributed by atoms with Gasteiger partial charge in [-0.3, -0.25) is 4.79 Å². The molecule has 3 aromatic rings. The van der Waals surface area contributed by atoms with Gasteiger partial charge in [0.15, 0.2) is 16.6 Å². The van der Waals surface area contributed by atoms with Gasteiger partial charge in [0, 0.05) is 10.9 Å². The average Bonchev–Trinajstić information content (AvgIpc) is 3.13. The second kappa shape index (κ2) is 10.4. The fourth-order valence-electron chi connectivity index (χ4n) is 2.55. The van der Waals surface area contributed by atoms with E-state index in [-0.39, 0.29) is 24.8 Å². The molecule has 156 valence electrons. The number of aromatic nitrogens is 1. The zero-order chi connectivity index (χ0) is 21.3. The van der Waals surface area contributed by atoms with Gasteiger partial charge in [-0.25, -0.2) is 14.8 Å². The number of hydrogen-bond donors (Lipinski definition) is 2. The molecule has 0 unspecified atom stereocenters. The van der Waals surface area contributed by atoms with Crippen molar-refractivity contribution < 1.29 is 18.7 Å². The molecule has 3 rings (SSSR count). The molecular formula is C21H21FN4O3S. The van der Waals surface area contributed by atoms with Gasteiger partial charge in [-0.2, -0.15) is 5.10 Å². The van der Waals surface area contributed by atoms with Gasteiger partial charge in [0.2, 0.25) is 5.91 Å². The predicted molar refractivity (Wildman–Crippen MR) is 114 cm³/mol. The minimum atomic E-state index is -0.324. The number of halogens is 1. The second-order valence-electron chi connectivity index (χ2n) is 6.17. The quantitative estimate of drug-likeness (QED) is 0.401. The van der Waals surface area contributed by atoms with E-state index >= 15 is 0 Å². The minimum absolute atomic E-state index is 0.0807. The van der Waals surface area contributed by atoms with E-state index in [9.17, 15) is 9.18 Å². The van der Waals surface area contributed by atoms with Crippen molar-refractivity contribution in [1.82, 2.24) is 10.4 Å². The van der Waals surface area contributed by atoms with E-state index in [1.165, 1.54) is 23.6 Å². The van der Waals surface area contributed by atoms with Crippen LogP contribution in [-0.2, 0) is 17.8 Å². The number of carbonyl (C=O) groups is 1. The van der Waals surface area contributed by atoms with Crippen LogP contribution >= 0.6 is 11.3 Å². The van der Waals surface area contributed by atoms with Gasteiger partial charge in [0.05, 0.1) is 24.9 Å². The third kappa shape index (κ3) is 6.02. The Labute approximate surface area is 177 Å². The van der Waals surface area contributed by atoms with Crippen molar-refractivity contribution in [1.29, 1.82) is 0 Å². The van der Waals surface area contributed by atoms with Crippen LogP contribution in [0.25, 0.3) is 0 Å². The minimum Gasteiger partial charge on any atom is -0.490 e. The number of thiazole rings is 1. The molecule has 0 aliphatic heterocycles. The lowest BCUT2D eigenvalue weighted by atomic mass is 10.2. The Morgan fingerprint density at radius 2 is 2.10 bits per heavy atom. The smallest absolute Gasteiger partial charge is 0.246 e. The Morgan fingerprint density at radius 3 is 2.83 bits per heavy atom. The first kappa shape index (κ1) is 21.3. The summed E-state index contributed by atoms with van der Waals surface area (Å²) in [6, 6.07) is 11.6. The van der Waals surface area contributed by atoms with Crippen molar-refractivity contribution in [2.75, 3.05) is 12.3 Å². The molecule has 30 heavy (non-hydrogen) atoms. The number of nitrogens with two attached hydrogens (primary N) is 1. The first-order valence-electron chi connectivity index (χ1n) is 9.20. The molecular weight excluding hydrogens is 407 g/mol. The summed E-state index contributed by atoms with van der Waals surface area (Å²) < 4.78 is 25.1. The van der Waals surface area contributed by atoms with Crippen LogP contribution in [0.4, 0.5) is 9.52 Å². The maximum Gasteiger partial charge on any atom is 0.246 e. The van der Waals surface area contributed by atoms with Crippen LogP contribution in [0, 0.1) is 5.82 Å². The fraction of sp³-hybridized carbons (Fsp3) is 0.190. The van der Waals surface area contributed by atoms with Crippen LogP contribution in [0.2, 0.25) is 0 Å². The largest absolute Gasteiger partial charge is 0.490 e. The monoisotopic (exact) mass is 428 g/mol. The first-order chi connectivity index (χ1) is 14.5. The SMILES string of the molecule is CCOc1cc(/C=N/NC(=O)Cc2csc(N)n2)ccc1OCc1ccccc1F. The lowest BCUT2D eigenvalue weighted by Crippen LogP contribution is -2.19. The van der Waals surface area contributed by atoms with Crippen molar-refractivity contribution in [2.45, 2.75) is 20.0 Å². The lowest BCUT2D eigenvalue weighted by Gasteiger charge is -2.13. The highest BCUT2D eigenvalue weighted by Crippen LogP contribution is 2.29. The van der Waals surface area contributed by atoms with Gasteiger partial charge in [-0.1, -0.05) is 18.2 Å². The fourth-order valence-corrected chi connectivity index (χ4v) is 3.11. The molecule has 7 nitrogen and oxygen atoms in total. The van der Waals surface area contributed by atoms with Crippen LogP contribution < -0.4 is 20.6 Å². The van der Waals surface area contributed by atoms with E-state index in [1.54, 1.807) is 41.8 Å². The van der Waals surface area contributed by atoms with Crippen LogP contribution in [-0.4, -0.2) is 23.7 Å². The number of nitrogens with one attached hydrogen (secondary N) is 1. The lowest BCUT2D eigenvalue weighted by molar-refractivity contribution is -0.120. The molecule has 0 saturated carbocycles. The zero-order valence-electron chi connectivity index (χ0n) is 16.3. The summed E-state index contributed by atoms with van der Waals surface area (Å²) in [5.41, 5.74) is 9.75. The van der Waals surface area contributed by atoms with Gasteiger partial charge in [-0.15, -0.1) is 11.3 Å². The summed E-state index contributed by atoms with van der Waals surface area (Å²) in [6.45, 7) is 2.37. The number of rotatable bonds is 9. The van der Waals surface area contributed by atoms with Crippen LogP contribution in [0.15, 0.2) is 52.9 Å². The number of hydrogen-bond acceptors (Lipinski definition) is 7. The average molecular weight is 428 g/mol. The van der Waals surface area contributed by atoms with Crippen molar-refractivity contribution in [2.24, 2.45) is 5.10 Å². The van der Waals surface area contributed by atoms with E-state index in [4.69, 9.17) is 15.2 Å². The Kier molecular flexibility index (Phi) is 7.34. The standard InChI is InChI=1S/C21H21FN4O3S/c1-2-28-19-9-14(11-24-26-20(27)10-16-13-30-21(23)25-16)7-8-18(19)29-12-15-5-3-4-6-17(15)22/h3-9,11,13H,2,10,12H2,1H3,(H2,23,25)(H,26,27)/b24-11+.